The van der Waals surface area contributed by atoms with Crippen molar-refractivity contribution in [2.24, 2.45) is 5.41 Å². The van der Waals surface area contributed by atoms with E-state index in [2.05, 4.69) is 0 Å². The number of halogens is 1. The fraction of sp³-hybridized carbons (Fsp3) is 0.500. The van der Waals surface area contributed by atoms with Crippen molar-refractivity contribution in [3.8, 4) is 0 Å². The molecule has 2 nitrogen and oxygen atoms in total. The maximum absolute atomic E-state index is 13.6. The number of fused-ring (bicyclic) bond motifs is 1. The molecule has 1 aliphatic heterocycles. The predicted molar refractivity (Wildman–Crippen MR) is 61.1 cm³/mol. The molecule has 1 atom stereocenters. The molecular formula is C14H15FO2. The van der Waals surface area contributed by atoms with Crippen LogP contribution in [0.3, 0.4) is 0 Å². The number of hydrogen-bond acceptors (Lipinski definition) is 2. The third-order valence-electron chi connectivity index (χ3n) is 3.96. The van der Waals surface area contributed by atoms with E-state index in [1.807, 2.05) is 24.3 Å². The lowest BCUT2D eigenvalue weighted by Crippen LogP contribution is -2.45. The van der Waals surface area contributed by atoms with E-state index in [0.29, 0.717) is 25.7 Å². The first-order valence-corrected chi connectivity index (χ1v) is 6.00. The number of benzene rings is 1. The van der Waals surface area contributed by atoms with Crippen LogP contribution in [0.5, 0.6) is 0 Å². The highest BCUT2D eigenvalue weighted by Crippen LogP contribution is 2.47. The molecule has 0 bridgehead atoms. The second-order valence-corrected chi connectivity index (χ2v) is 5.39. The van der Waals surface area contributed by atoms with Crippen LogP contribution in [0.15, 0.2) is 24.3 Å². The summed E-state index contributed by atoms with van der Waals surface area (Å²) in [7, 11) is 0. The predicted octanol–water partition coefficient (Wildman–Crippen LogP) is 2.79. The van der Waals surface area contributed by atoms with Crippen molar-refractivity contribution in [1.82, 2.24) is 0 Å². The van der Waals surface area contributed by atoms with Crippen molar-refractivity contribution in [3.63, 3.8) is 0 Å². The summed E-state index contributed by atoms with van der Waals surface area (Å²) in [6.45, 7) is 1.33. The van der Waals surface area contributed by atoms with Crippen LogP contribution in [0.1, 0.15) is 30.9 Å². The molecule has 0 radical (unpaired) electrons. The van der Waals surface area contributed by atoms with Crippen LogP contribution in [0.2, 0.25) is 0 Å². The standard InChI is InChI=1S/C14H15FO2/c1-13(15)6-7-14(12(16)17-13)8-10-4-2-3-5-11(10)9-14/h2-5H,6-9H2,1H3. The summed E-state index contributed by atoms with van der Waals surface area (Å²) in [6, 6.07) is 8.04. The van der Waals surface area contributed by atoms with Gasteiger partial charge in [0, 0.05) is 13.3 Å². The average molecular weight is 234 g/mol. The van der Waals surface area contributed by atoms with E-state index in [1.54, 1.807) is 0 Å². The quantitative estimate of drug-likeness (QED) is 0.645. The third kappa shape index (κ3) is 1.65. The number of ether oxygens (including phenoxy) is 1. The molecule has 0 aromatic heterocycles. The molecule has 0 amide bonds. The van der Waals surface area contributed by atoms with E-state index in [0.717, 1.165) is 0 Å². The molecule has 1 aromatic rings. The van der Waals surface area contributed by atoms with Crippen molar-refractivity contribution in [3.05, 3.63) is 35.4 Å². The van der Waals surface area contributed by atoms with E-state index in [1.165, 1.54) is 18.1 Å². The Morgan fingerprint density at radius 3 is 2.29 bits per heavy atom. The summed E-state index contributed by atoms with van der Waals surface area (Å²) < 4.78 is 18.6. The second kappa shape index (κ2) is 3.31. The zero-order chi connectivity index (χ0) is 12.1. The van der Waals surface area contributed by atoms with E-state index in [9.17, 15) is 9.18 Å². The number of esters is 1. The Labute approximate surface area is 99.8 Å². The minimum absolute atomic E-state index is 0.298. The molecule has 17 heavy (non-hydrogen) atoms. The number of carbonyl (C=O) groups excluding carboxylic acids is 1. The summed E-state index contributed by atoms with van der Waals surface area (Å²) in [6.07, 6.45) is 2.26. The molecule has 1 saturated heterocycles. The van der Waals surface area contributed by atoms with Gasteiger partial charge in [0.2, 0.25) is 5.85 Å². The van der Waals surface area contributed by atoms with Gasteiger partial charge in [-0.2, -0.15) is 4.39 Å². The lowest BCUT2D eigenvalue weighted by molar-refractivity contribution is -0.207. The highest BCUT2D eigenvalue weighted by atomic mass is 19.2. The van der Waals surface area contributed by atoms with Gasteiger partial charge in [0.25, 0.3) is 0 Å². The number of alkyl halides is 1. The molecule has 1 unspecified atom stereocenters. The van der Waals surface area contributed by atoms with Crippen molar-refractivity contribution < 1.29 is 13.9 Å². The van der Waals surface area contributed by atoms with Crippen LogP contribution in [0.4, 0.5) is 4.39 Å². The summed E-state index contributed by atoms with van der Waals surface area (Å²) in [4.78, 5) is 12.0. The van der Waals surface area contributed by atoms with E-state index in [-0.39, 0.29) is 5.97 Å². The first kappa shape index (κ1) is 10.8. The fourth-order valence-corrected chi connectivity index (χ4v) is 2.93. The average Bonchev–Trinajstić information content (AvgIpc) is 2.64. The molecule has 1 fully saturated rings. The summed E-state index contributed by atoms with van der Waals surface area (Å²) in [5.41, 5.74) is 1.90. The maximum atomic E-state index is 13.6. The molecule has 1 aromatic carbocycles. The van der Waals surface area contributed by atoms with Crippen molar-refractivity contribution in [1.29, 1.82) is 0 Å². The maximum Gasteiger partial charge on any atom is 0.315 e. The van der Waals surface area contributed by atoms with E-state index < -0.39 is 11.3 Å². The van der Waals surface area contributed by atoms with Crippen LogP contribution in [-0.4, -0.2) is 11.8 Å². The Bertz CT molecular complexity index is 454. The first-order chi connectivity index (χ1) is 8.01. The summed E-state index contributed by atoms with van der Waals surface area (Å²) >= 11 is 0. The van der Waals surface area contributed by atoms with Gasteiger partial charge in [0.05, 0.1) is 5.41 Å². The Balaban J connectivity index is 1.90. The van der Waals surface area contributed by atoms with Crippen LogP contribution in [-0.2, 0) is 22.4 Å². The topological polar surface area (TPSA) is 26.3 Å². The van der Waals surface area contributed by atoms with Crippen molar-refractivity contribution in [2.75, 3.05) is 0 Å². The first-order valence-electron chi connectivity index (χ1n) is 6.00. The molecule has 1 heterocycles. The molecule has 3 heteroatoms. The molecule has 1 aliphatic carbocycles. The number of cyclic esters (lactones) is 1. The Morgan fingerprint density at radius 1 is 1.18 bits per heavy atom. The smallest absolute Gasteiger partial charge is 0.315 e. The largest absolute Gasteiger partial charge is 0.428 e. The van der Waals surface area contributed by atoms with Gasteiger partial charge < -0.3 is 4.74 Å². The monoisotopic (exact) mass is 234 g/mol. The van der Waals surface area contributed by atoms with Gasteiger partial charge >= 0.3 is 5.97 Å². The fourth-order valence-electron chi connectivity index (χ4n) is 2.93. The SMILES string of the molecule is CC1(F)CCC2(Cc3ccccc3C2)C(=O)O1. The molecule has 2 aliphatic rings. The molecule has 0 N–H and O–H groups in total. The molecule has 3 rings (SSSR count). The molecular weight excluding hydrogens is 219 g/mol. The number of rotatable bonds is 0. The van der Waals surface area contributed by atoms with Crippen LogP contribution in [0.25, 0.3) is 0 Å². The van der Waals surface area contributed by atoms with Crippen LogP contribution < -0.4 is 0 Å². The van der Waals surface area contributed by atoms with Gasteiger partial charge in [-0.1, -0.05) is 24.3 Å². The minimum Gasteiger partial charge on any atom is -0.428 e. The normalized spacial score (nSPS) is 30.1. The lowest BCUT2D eigenvalue weighted by Gasteiger charge is -2.37. The molecule has 1 spiro atoms. The van der Waals surface area contributed by atoms with E-state index >= 15 is 0 Å². The Morgan fingerprint density at radius 2 is 1.76 bits per heavy atom. The van der Waals surface area contributed by atoms with E-state index in [4.69, 9.17) is 4.74 Å². The Hall–Kier alpha value is -1.38. The van der Waals surface area contributed by atoms with Gasteiger partial charge in [-0.15, -0.1) is 0 Å². The minimum atomic E-state index is -1.78. The second-order valence-electron chi connectivity index (χ2n) is 5.39. The third-order valence-corrected chi connectivity index (χ3v) is 3.96. The number of hydrogen-bond donors (Lipinski definition) is 0. The van der Waals surface area contributed by atoms with Gasteiger partial charge in [0.15, 0.2) is 0 Å². The Kier molecular flexibility index (Phi) is 2.09. The molecule has 90 valence electrons. The van der Waals surface area contributed by atoms with Crippen LogP contribution >= 0.6 is 0 Å². The van der Waals surface area contributed by atoms with Gasteiger partial charge in [0.1, 0.15) is 0 Å². The van der Waals surface area contributed by atoms with Gasteiger partial charge in [-0.25, -0.2) is 0 Å². The van der Waals surface area contributed by atoms with Gasteiger partial charge in [-0.3, -0.25) is 4.79 Å². The summed E-state index contributed by atoms with van der Waals surface area (Å²) in [5.74, 6) is -2.15. The van der Waals surface area contributed by atoms with Crippen molar-refractivity contribution >= 4 is 5.97 Å². The van der Waals surface area contributed by atoms with Crippen LogP contribution in [0, 0.1) is 5.41 Å². The highest BCUT2D eigenvalue weighted by molar-refractivity contribution is 5.80. The number of carbonyl (C=O) groups is 1. The van der Waals surface area contributed by atoms with Crippen molar-refractivity contribution in [2.45, 2.75) is 38.5 Å². The zero-order valence-corrected chi connectivity index (χ0v) is 9.83. The lowest BCUT2D eigenvalue weighted by atomic mass is 9.77. The highest BCUT2D eigenvalue weighted by Gasteiger charge is 2.51. The molecule has 0 saturated carbocycles. The van der Waals surface area contributed by atoms with Gasteiger partial charge in [-0.05, 0) is 30.4 Å². The zero-order valence-electron chi connectivity index (χ0n) is 9.83. The summed E-state index contributed by atoms with van der Waals surface area (Å²) in [5, 5.41) is 0.